The third-order valence-corrected chi connectivity index (χ3v) is 6.43. The number of rotatable bonds is 5. The minimum absolute atomic E-state index is 0.112. The average Bonchev–Trinajstić information content (AvgIpc) is 2.66. The quantitative estimate of drug-likeness (QED) is 0.832. The monoisotopic (exact) mass is 402 g/mol. The van der Waals surface area contributed by atoms with Gasteiger partial charge in [-0.1, -0.05) is 13.0 Å². The van der Waals surface area contributed by atoms with Crippen LogP contribution in [-0.4, -0.2) is 32.9 Å². The lowest BCUT2D eigenvalue weighted by Crippen LogP contribution is -2.35. The molecule has 0 bridgehead atoms. The smallest absolute Gasteiger partial charge is 0.261 e. The van der Waals surface area contributed by atoms with Gasteiger partial charge in [0, 0.05) is 25.2 Å². The van der Waals surface area contributed by atoms with Gasteiger partial charge in [-0.2, -0.15) is 0 Å². The van der Waals surface area contributed by atoms with Crippen LogP contribution in [0.4, 0.5) is 5.69 Å². The number of fused-ring (bicyclic) bond motifs is 1. The summed E-state index contributed by atoms with van der Waals surface area (Å²) < 4.78 is 33.7. The maximum atomic E-state index is 12.9. The molecular formula is C21H26N2O4S. The molecule has 150 valence electrons. The molecular weight excluding hydrogens is 376 g/mol. The fourth-order valence-corrected chi connectivity index (χ4v) is 4.88. The highest BCUT2D eigenvalue weighted by Crippen LogP contribution is 2.29. The van der Waals surface area contributed by atoms with Crippen LogP contribution in [0.15, 0.2) is 35.2 Å². The summed E-state index contributed by atoms with van der Waals surface area (Å²) in [5.41, 5.74) is 4.16. The van der Waals surface area contributed by atoms with Crippen molar-refractivity contribution in [3.05, 3.63) is 52.6 Å². The van der Waals surface area contributed by atoms with Crippen LogP contribution in [0.3, 0.4) is 0 Å². The highest BCUT2D eigenvalue weighted by molar-refractivity contribution is 7.92. The normalized spacial score (nSPS) is 13.8. The maximum absolute atomic E-state index is 12.9. The van der Waals surface area contributed by atoms with Crippen molar-refractivity contribution in [2.45, 2.75) is 45.1 Å². The SMILES string of the molecule is CCC(=O)N1CCc2ccc(NS(=O)(=O)c3cc(C)c(OC)c(C)c3)cc2C1. The third-order valence-electron chi connectivity index (χ3n) is 5.07. The van der Waals surface area contributed by atoms with Crippen molar-refractivity contribution < 1.29 is 17.9 Å². The van der Waals surface area contributed by atoms with Crippen molar-refractivity contribution >= 4 is 21.6 Å². The largest absolute Gasteiger partial charge is 0.496 e. The van der Waals surface area contributed by atoms with Crippen molar-refractivity contribution in [3.63, 3.8) is 0 Å². The number of ether oxygens (including phenoxy) is 1. The van der Waals surface area contributed by atoms with E-state index in [1.54, 1.807) is 25.3 Å². The minimum atomic E-state index is -3.73. The molecule has 1 N–H and O–H groups in total. The molecule has 1 amide bonds. The van der Waals surface area contributed by atoms with E-state index >= 15 is 0 Å². The van der Waals surface area contributed by atoms with Crippen LogP contribution in [0.2, 0.25) is 0 Å². The summed E-state index contributed by atoms with van der Waals surface area (Å²) in [6.07, 6.45) is 1.25. The van der Waals surface area contributed by atoms with E-state index in [-0.39, 0.29) is 10.8 Å². The van der Waals surface area contributed by atoms with Gasteiger partial charge in [0.15, 0.2) is 0 Å². The molecule has 3 rings (SSSR count). The summed E-state index contributed by atoms with van der Waals surface area (Å²) in [7, 11) is -2.16. The molecule has 1 aliphatic heterocycles. The molecule has 2 aromatic carbocycles. The van der Waals surface area contributed by atoms with E-state index in [1.165, 1.54) is 0 Å². The zero-order valence-electron chi connectivity index (χ0n) is 16.7. The molecule has 0 saturated carbocycles. The van der Waals surface area contributed by atoms with Crippen molar-refractivity contribution in [2.24, 2.45) is 0 Å². The summed E-state index contributed by atoms with van der Waals surface area (Å²) in [6, 6.07) is 8.75. The average molecular weight is 403 g/mol. The molecule has 0 fully saturated rings. The molecule has 7 heteroatoms. The highest BCUT2D eigenvalue weighted by atomic mass is 32.2. The number of anilines is 1. The Labute approximate surface area is 166 Å². The van der Waals surface area contributed by atoms with Crippen molar-refractivity contribution in [2.75, 3.05) is 18.4 Å². The zero-order valence-corrected chi connectivity index (χ0v) is 17.5. The summed E-state index contributed by atoms with van der Waals surface area (Å²) in [4.78, 5) is 14.0. The van der Waals surface area contributed by atoms with Crippen LogP contribution in [-0.2, 0) is 27.8 Å². The van der Waals surface area contributed by atoms with Gasteiger partial charge in [-0.3, -0.25) is 9.52 Å². The minimum Gasteiger partial charge on any atom is -0.496 e. The Morgan fingerprint density at radius 2 is 1.82 bits per heavy atom. The molecule has 2 aromatic rings. The number of carbonyl (C=O) groups is 1. The molecule has 0 unspecified atom stereocenters. The number of carbonyl (C=O) groups excluding carboxylic acids is 1. The van der Waals surface area contributed by atoms with Crippen LogP contribution < -0.4 is 9.46 Å². The fourth-order valence-electron chi connectivity index (χ4n) is 3.66. The van der Waals surface area contributed by atoms with Crippen LogP contribution in [0.1, 0.15) is 35.6 Å². The number of benzene rings is 2. The third kappa shape index (κ3) is 3.99. The van der Waals surface area contributed by atoms with Crippen molar-refractivity contribution in [1.82, 2.24) is 4.90 Å². The molecule has 0 saturated heterocycles. The van der Waals surface area contributed by atoms with Crippen LogP contribution in [0.5, 0.6) is 5.75 Å². The van der Waals surface area contributed by atoms with Gasteiger partial charge in [0.2, 0.25) is 5.91 Å². The molecule has 0 radical (unpaired) electrons. The van der Waals surface area contributed by atoms with Crippen LogP contribution in [0.25, 0.3) is 0 Å². The lowest BCUT2D eigenvalue weighted by atomic mass is 9.99. The Kier molecular flexibility index (Phi) is 5.65. The first-order valence-corrected chi connectivity index (χ1v) is 10.8. The summed E-state index contributed by atoms with van der Waals surface area (Å²) >= 11 is 0. The topological polar surface area (TPSA) is 75.7 Å². The molecule has 0 aromatic heterocycles. The number of amides is 1. The van der Waals surface area contributed by atoms with Gasteiger partial charge in [0.05, 0.1) is 12.0 Å². The van der Waals surface area contributed by atoms with Crippen molar-refractivity contribution in [1.29, 1.82) is 0 Å². The maximum Gasteiger partial charge on any atom is 0.261 e. The summed E-state index contributed by atoms with van der Waals surface area (Å²) in [5.74, 6) is 0.800. The standard InChI is InChI=1S/C21H26N2O4S/c1-5-20(24)23-9-8-16-6-7-18(12-17(16)13-23)22-28(25,26)19-10-14(2)21(27-4)15(3)11-19/h6-7,10-12,22H,5,8-9,13H2,1-4H3. The predicted molar refractivity (Wildman–Crippen MR) is 109 cm³/mol. The van der Waals surface area contributed by atoms with Crippen LogP contribution >= 0.6 is 0 Å². The molecule has 0 spiro atoms. The second kappa shape index (κ2) is 7.83. The van der Waals surface area contributed by atoms with Gasteiger partial charge in [0.1, 0.15) is 5.75 Å². The number of sulfonamides is 1. The number of nitrogens with zero attached hydrogens (tertiary/aromatic N) is 1. The van der Waals surface area contributed by atoms with Crippen molar-refractivity contribution in [3.8, 4) is 5.75 Å². The molecule has 1 heterocycles. The Hall–Kier alpha value is -2.54. The zero-order chi connectivity index (χ0) is 20.5. The number of nitrogens with one attached hydrogen (secondary N) is 1. The predicted octanol–water partition coefficient (Wildman–Crippen LogP) is 3.41. The number of aryl methyl sites for hydroxylation is 2. The van der Waals surface area contributed by atoms with E-state index in [1.807, 2.05) is 37.8 Å². The Morgan fingerprint density at radius 1 is 1.14 bits per heavy atom. The first-order valence-electron chi connectivity index (χ1n) is 9.32. The van der Waals surface area contributed by atoms with E-state index in [4.69, 9.17) is 4.74 Å². The second-order valence-electron chi connectivity index (χ2n) is 7.10. The van der Waals surface area contributed by atoms with Gasteiger partial charge >= 0.3 is 0 Å². The van der Waals surface area contributed by atoms with E-state index in [0.717, 1.165) is 28.7 Å². The molecule has 0 atom stereocenters. The molecule has 6 nitrogen and oxygen atoms in total. The van der Waals surface area contributed by atoms with Gasteiger partial charge < -0.3 is 9.64 Å². The lowest BCUT2D eigenvalue weighted by Gasteiger charge is -2.29. The second-order valence-corrected chi connectivity index (χ2v) is 8.78. The fraction of sp³-hybridized carbons (Fsp3) is 0.381. The van der Waals surface area contributed by atoms with E-state index in [9.17, 15) is 13.2 Å². The number of hydrogen-bond acceptors (Lipinski definition) is 4. The Morgan fingerprint density at radius 3 is 2.43 bits per heavy atom. The lowest BCUT2D eigenvalue weighted by molar-refractivity contribution is -0.131. The highest BCUT2D eigenvalue weighted by Gasteiger charge is 2.22. The van der Waals surface area contributed by atoms with E-state index in [0.29, 0.717) is 30.9 Å². The molecule has 28 heavy (non-hydrogen) atoms. The van der Waals surface area contributed by atoms with E-state index in [2.05, 4.69) is 4.72 Å². The van der Waals surface area contributed by atoms with Gasteiger partial charge in [-0.05, 0) is 66.8 Å². The molecule has 1 aliphatic rings. The first kappa shape index (κ1) is 20.2. The molecule has 0 aliphatic carbocycles. The van der Waals surface area contributed by atoms with E-state index < -0.39 is 10.0 Å². The number of methoxy groups -OCH3 is 1. The van der Waals surface area contributed by atoms with Gasteiger partial charge in [-0.15, -0.1) is 0 Å². The Balaban J connectivity index is 1.87. The van der Waals surface area contributed by atoms with Crippen LogP contribution in [0, 0.1) is 13.8 Å². The van der Waals surface area contributed by atoms with Gasteiger partial charge in [-0.25, -0.2) is 8.42 Å². The number of hydrogen-bond donors (Lipinski definition) is 1. The Bertz CT molecular complexity index is 992. The first-order chi connectivity index (χ1) is 13.2. The summed E-state index contributed by atoms with van der Waals surface area (Å²) in [6.45, 7) is 6.71. The summed E-state index contributed by atoms with van der Waals surface area (Å²) in [5, 5.41) is 0. The van der Waals surface area contributed by atoms with Gasteiger partial charge in [0.25, 0.3) is 10.0 Å².